The van der Waals surface area contributed by atoms with Crippen molar-refractivity contribution in [3.63, 3.8) is 0 Å². The molecule has 1 saturated carbocycles. The fraction of sp³-hybridized carbons (Fsp3) is 0.611. The van der Waals surface area contributed by atoms with Crippen LogP contribution < -0.4 is 5.32 Å². The zero-order valence-corrected chi connectivity index (χ0v) is 13.2. The van der Waals surface area contributed by atoms with Gasteiger partial charge in [0, 0.05) is 12.0 Å². The first-order valence-corrected chi connectivity index (χ1v) is 8.07. The van der Waals surface area contributed by atoms with E-state index in [-0.39, 0.29) is 23.3 Å². The first-order chi connectivity index (χ1) is 10.1. The number of rotatable bonds is 7. The minimum atomic E-state index is -0.343. The van der Waals surface area contributed by atoms with Crippen molar-refractivity contribution in [1.29, 1.82) is 0 Å². The molecule has 0 spiro atoms. The van der Waals surface area contributed by atoms with Crippen LogP contribution in [0.3, 0.4) is 0 Å². The van der Waals surface area contributed by atoms with Crippen LogP contribution in [0.5, 0.6) is 0 Å². The number of nitrogens with one attached hydrogen (secondary N) is 1. The monoisotopic (exact) mass is 289 g/mol. The third-order valence-corrected chi connectivity index (χ3v) is 5.43. The van der Waals surface area contributed by atoms with E-state index in [1.807, 2.05) is 18.2 Å². The molecule has 1 fully saturated rings. The average molecular weight is 289 g/mol. The summed E-state index contributed by atoms with van der Waals surface area (Å²) in [5, 5.41) is 12.7. The van der Waals surface area contributed by atoms with Gasteiger partial charge in [0.15, 0.2) is 0 Å². The van der Waals surface area contributed by atoms with Crippen molar-refractivity contribution in [3.8, 4) is 0 Å². The van der Waals surface area contributed by atoms with Gasteiger partial charge in [0.25, 0.3) is 0 Å². The van der Waals surface area contributed by atoms with Crippen LogP contribution in [0, 0.1) is 5.41 Å². The second-order valence-corrected chi connectivity index (χ2v) is 6.35. The number of aliphatic hydroxyl groups excluding tert-OH is 1. The number of carbonyl (C=O) groups excluding carboxylic acids is 1. The van der Waals surface area contributed by atoms with E-state index in [0.29, 0.717) is 6.54 Å². The molecule has 0 saturated heterocycles. The predicted octanol–water partition coefficient (Wildman–Crippen LogP) is 3.02. The van der Waals surface area contributed by atoms with Crippen LogP contribution in [-0.4, -0.2) is 24.2 Å². The summed E-state index contributed by atoms with van der Waals surface area (Å²) in [4.78, 5) is 12.7. The molecule has 0 heterocycles. The molecule has 0 atom stereocenters. The lowest BCUT2D eigenvalue weighted by Crippen LogP contribution is -2.52. The van der Waals surface area contributed by atoms with Gasteiger partial charge >= 0.3 is 0 Å². The molecule has 116 valence electrons. The summed E-state index contributed by atoms with van der Waals surface area (Å²) in [6, 6.07) is 10.1. The lowest BCUT2D eigenvalue weighted by atomic mass is 9.63. The van der Waals surface area contributed by atoms with Crippen LogP contribution in [0.15, 0.2) is 30.3 Å². The Morgan fingerprint density at radius 2 is 1.86 bits per heavy atom. The smallest absolute Gasteiger partial charge is 0.230 e. The molecule has 1 aliphatic carbocycles. The molecule has 1 amide bonds. The van der Waals surface area contributed by atoms with Crippen molar-refractivity contribution < 1.29 is 9.90 Å². The summed E-state index contributed by atoms with van der Waals surface area (Å²) >= 11 is 0. The highest BCUT2D eigenvalue weighted by Crippen LogP contribution is 2.44. The topological polar surface area (TPSA) is 49.3 Å². The first-order valence-electron chi connectivity index (χ1n) is 8.07. The molecule has 0 bridgehead atoms. The molecule has 1 aliphatic rings. The van der Waals surface area contributed by atoms with Gasteiger partial charge in [-0.05, 0) is 31.2 Å². The predicted molar refractivity (Wildman–Crippen MR) is 85.1 cm³/mol. The third-order valence-electron chi connectivity index (χ3n) is 5.43. The number of amides is 1. The second kappa shape index (κ2) is 6.61. The minimum absolute atomic E-state index is 0.124. The summed E-state index contributed by atoms with van der Waals surface area (Å²) in [5.41, 5.74) is 0.595. The zero-order valence-electron chi connectivity index (χ0n) is 13.2. The molecule has 3 heteroatoms. The van der Waals surface area contributed by atoms with Gasteiger partial charge < -0.3 is 10.4 Å². The molecule has 0 radical (unpaired) electrons. The molecule has 0 aromatic heterocycles. The van der Waals surface area contributed by atoms with E-state index in [9.17, 15) is 9.90 Å². The molecular weight excluding hydrogens is 262 g/mol. The van der Waals surface area contributed by atoms with Crippen molar-refractivity contribution in [2.75, 3.05) is 13.2 Å². The summed E-state index contributed by atoms with van der Waals surface area (Å²) in [6.07, 6.45) is 4.70. The molecule has 21 heavy (non-hydrogen) atoms. The SMILES string of the molecule is CCC(CC)(CO)CNC(=O)C1(c2ccccc2)CCC1. The minimum Gasteiger partial charge on any atom is -0.396 e. The van der Waals surface area contributed by atoms with Crippen molar-refractivity contribution in [1.82, 2.24) is 5.32 Å². The summed E-state index contributed by atoms with van der Waals surface area (Å²) in [5.74, 6) is 0.125. The Kier molecular flexibility index (Phi) is 5.04. The van der Waals surface area contributed by atoms with Gasteiger partial charge in [-0.2, -0.15) is 0 Å². The number of benzene rings is 1. The fourth-order valence-electron chi connectivity index (χ4n) is 3.15. The quantitative estimate of drug-likeness (QED) is 0.810. The van der Waals surface area contributed by atoms with E-state index >= 15 is 0 Å². The van der Waals surface area contributed by atoms with E-state index < -0.39 is 0 Å². The van der Waals surface area contributed by atoms with Crippen LogP contribution in [0.2, 0.25) is 0 Å². The summed E-state index contributed by atoms with van der Waals surface area (Å²) in [7, 11) is 0. The lowest BCUT2D eigenvalue weighted by Gasteiger charge is -2.42. The van der Waals surface area contributed by atoms with Crippen LogP contribution in [0.4, 0.5) is 0 Å². The highest BCUT2D eigenvalue weighted by atomic mass is 16.3. The van der Waals surface area contributed by atoms with E-state index in [0.717, 1.165) is 37.7 Å². The van der Waals surface area contributed by atoms with Gasteiger partial charge in [0.05, 0.1) is 12.0 Å². The molecule has 1 aromatic rings. The largest absolute Gasteiger partial charge is 0.396 e. The standard InChI is InChI=1S/C18H27NO2/c1-3-17(4-2,14-20)13-19-16(21)18(11-8-12-18)15-9-6-5-7-10-15/h5-7,9-10,20H,3-4,8,11-14H2,1-2H3,(H,19,21). The summed E-state index contributed by atoms with van der Waals surface area (Å²) in [6.45, 7) is 4.83. The maximum Gasteiger partial charge on any atom is 0.230 e. The number of hydrogen-bond acceptors (Lipinski definition) is 2. The van der Waals surface area contributed by atoms with Gasteiger partial charge in [0.2, 0.25) is 5.91 Å². The van der Waals surface area contributed by atoms with Crippen molar-refractivity contribution in [2.45, 2.75) is 51.4 Å². The van der Waals surface area contributed by atoms with Gasteiger partial charge in [-0.15, -0.1) is 0 Å². The molecule has 1 aromatic carbocycles. The van der Waals surface area contributed by atoms with Gasteiger partial charge in [0.1, 0.15) is 0 Å². The Labute approximate surface area is 127 Å². The Hall–Kier alpha value is -1.35. The van der Waals surface area contributed by atoms with E-state index in [2.05, 4.69) is 31.3 Å². The van der Waals surface area contributed by atoms with Crippen LogP contribution in [-0.2, 0) is 10.2 Å². The normalized spacial score (nSPS) is 17.1. The molecular formula is C18H27NO2. The second-order valence-electron chi connectivity index (χ2n) is 6.35. The first kappa shape index (κ1) is 16.0. The van der Waals surface area contributed by atoms with Crippen LogP contribution in [0.25, 0.3) is 0 Å². The van der Waals surface area contributed by atoms with E-state index in [1.54, 1.807) is 0 Å². The van der Waals surface area contributed by atoms with Crippen molar-refractivity contribution in [3.05, 3.63) is 35.9 Å². The number of aliphatic hydroxyl groups is 1. The lowest BCUT2D eigenvalue weighted by molar-refractivity contribution is -0.130. The Balaban J connectivity index is 2.08. The molecule has 0 unspecified atom stereocenters. The number of carbonyl (C=O) groups is 1. The molecule has 0 aliphatic heterocycles. The maximum absolute atomic E-state index is 12.7. The highest BCUT2D eigenvalue weighted by Gasteiger charge is 2.45. The Morgan fingerprint density at radius 3 is 2.29 bits per heavy atom. The van der Waals surface area contributed by atoms with Crippen LogP contribution >= 0.6 is 0 Å². The van der Waals surface area contributed by atoms with Gasteiger partial charge in [-0.3, -0.25) is 4.79 Å². The molecule has 2 rings (SSSR count). The van der Waals surface area contributed by atoms with E-state index in [1.165, 1.54) is 0 Å². The van der Waals surface area contributed by atoms with E-state index in [4.69, 9.17) is 0 Å². The average Bonchev–Trinajstić information content (AvgIpc) is 2.49. The van der Waals surface area contributed by atoms with Crippen LogP contribution in [0.1, 0.15) is 51.5 Å². The zero-order chi connectivity index (χ0) is 15.3. The Bertz CT molecular complexity index is 453. The summed E-state index contributed by atoms with van der Waals surface area (Å²) < 4.78 is 0. The Morgan fingerprint density at radius 1 is 1.24 bits per heavy atom. The molecule has 3 nitrogen and oxygen atoms in total. The van der Waals surface area contributed by atoms with Gasteiger partial charge in [-0.1, -0.05) is 50.6 Å². The molecule has 2 N–H and O–H groups in total. The van der Waals surface area contributed by atoms with Crippen molar-refractivity contribution >= 4 is 5.91 Å². The third kappa shape index (κ3) is 2.98. The van der Waals surface area contributed by atoms with Crippen molar-refractivity contribution in [2.24, 2.45) is 5.41 Å². The fourth-order valence-corrected chi connectivity index (χ4v) is 3.15. The maximum atomic E-state index is 12.7. The van der Waals surface area contributed by atoms with Gasteiger partial charge in [-0.25, -0.2) is 0 Å². The number of hydrogen-bond donors (Lipinski definition) is 2. The highest BCUT2D eigenvalue weighted by molar-refractivity contribution is 5.89.